The molecule has 686 valence electrons. The number of ketones is 5. The third kappa shape index (κ3) is 43.2. The van der Waals surface area contributed by atoms with E-state index in [0.717, 1.165) is 51.4 Å². The molecule has 11 N–H and O–H groups in total. The van der Waals surface area contributed by atoms with Crippen molar-refractivity contribution in [3.8, 4) is 0 Å². The molecule has 4 heterocycles. The van der Waals surface area contributed by atoms with E-state index in [1.165, 1.54) is 6.66 Å². The number of rotatable bonds is 70. The first kappa shape index (κ1) is 107. The number of aliphatic hydroxyl groups excluding tert-OH is 9. The summed E-state index contributed by atoms with van der Waals surface area (Å²) in [5.41, 5.74) is -1.09. The van der Waals surface area contributed by atoms with Crippen LogP contribution in [-0.4, -0.2) is 296 Å². The molecular weight excluding hydrogens is 1560 g/mol. The van der Waals surface area contributed by atoms with E-state index in [1.54, 1.807) is 34.6 Å². The Labute approximate surface area is 700 Å². The molecule has 0 aromatic heterocycles. The number of aliphatic hydroxyl groups is 9. The van der Waals surface area contributed by atoms with Crippen LogP contribution in [0.15, 0.2) is 0 Å². The van der Waals surface area contributed by atoms with E-state index in [-0.39, 0.29) is 183 Å². The third-order valence-electron chi connectivity index (χ3n) is 22.5. The minimum Gasteiger partial charge on any atom is -0.394 e. The van der Waals surface area contributed by atoms with Crippen molar-refractivity contribution in [1.82, 2.24) is 15.5 Å². The zero-order valence-electron chi connectivity index (χ0n) is 72.0. The number of likely N-dealkylation sites (tertiary alicyclic amines) is 1. The lowest BCUT2D eigenvalue weighted by molar-refractivity contribution is -0.282. The van der Waals surface area contributed by atoms with Gasteiger partial charge in [0.15, 0.2) is 18.9 Å². The summed E-state index contributed by atoms with van der Waals surface area (Å²) >= 11 is 0. The fourth-order valence-corrected chi connectivity index (χ4v) is 16.4. The summed E-state index contributed by atoms with van der Waals surface area (Å²) in [6, 6.07) is -0.146. The highest BCUT2D eigenvalue weighted by molar-refractivity contribution is 7.53. The van der Waals surface area contributed by atoms with Crippen LogP contribution in [0.2, 0.25) is 0 Å². The maximum absolute atomic E-state index is 14.2. The van der Waals surface area contributed by atoms with Gasteiger partial charge in [0.05, 0.1) is 96.5 Å². The van der Waals surface area contributed by atoms with E-state index in [1.807, 2.05) is 4.90 Å². The Balaban J connectivity index is 1.29. The number of ether oxygens (including phenoxy) is 9. The van der Waals surface area contributed by atoms with Crippen molar-refractivity contribution < 1.29 is 141 Å². The zero-order valence-corrected chi connectivity index (χ0v) is 72.9. The Hall–Kier alpha value is -3.81. The molecule has 4 aliphatic heterocycles. The summed E-state index contributed by atoms with van der Waals surface area (Å²) in [7, 11) is -3.25. The molecule has 4 fully saturated rings. The van der Waals surface area contributed by atoms with Gasteiger partial charge < -0.3 is 113 Å². The topological polar surface area (TPSA) is 465 Å². The molecule has 0 radical (unpaired) electrons. The smallest absolute Gasteiger partial charge is 0.327 e. The zero-order chi connectivity index (χ0) is 86.8. The molecular formula is C85H152N3O29P. The van der Waals surface area contributed by atoms with E-state index in [9.17, 15) is 88.9 Å². The molecule has 32 nitrogen and oxygen atoms in total. The highest BCUT2D eigenvalue weighted by Crippen LogP contribution is 2.46. The van der Waals surface area contributed by atoms with E-state index in [0.29, 0.717) is 141 Å². The minimum atomic E-state index is -3.25. The van der Waals surface area contributed by atoms with Crippen molar-refractivity contribution in [3.05, 3.63) is 0 Å². The molecule has 0 aliphatic carbocycles. The molecule has 3 amide bonds. The van der Waals surface area contributed by atoms with Crippen LogP contribution in [0.5, 0.6) is 0 Å². The number of amides is 3. The maximum atomic E-state index is 14.2. The predicted octanol–water partition coefficient (Wildman–Crippen LogP) is 7.14. The van der Waals surface area contributed by atoms with Gasteiger partial charge in [-0.3, -0.25) is 42.9 Å². The number of nitrogens with zero attached hydrogens (tertiary/aromatic N) is 1. The van der Waals surface area contributed by atoms with Crippen LogP contribution in [0.1, 0.15) is 266 Å². The van der Waals surface area contributed by atoms with Gasteiger partial charge in [0.1, 0.15) is 65.5 Å². The van der Waals surface area contributed by atoms with Gasteiger partial charge in [-0.2, -0.15) is 0 Å². The van der Waals surface area contributed by atoms with Gasteiger partial charge in [0.2, 0.25) is 17.7 Å². The number of nitrogens with one attached hydrogen (secondary N) is 2. The normalized spacial score (nSPS) is 26.4. The summed E-state index contributed by atoms with van der Waals surface area (Å²) < 4.78 is 76.9. The van der Waals surface area contributed by atoms with Gasteiger partial charge in [0.25, 0.3) is 0 Å². The lowest BCUT2D eigenvalue weighted by atomic mass is 9.83. The molecule has 33 heteroatoms. The molecule has 17 unspecified atom stereocenters. The number of hydrogen-bond donors (Lipinski definition) is 11. The number of carbonyl (C=O) groups excluding carboxylic acids is 8. The number of unbranched alkanes of at least 4 members (excludes halogenated alkanes) is 14. The van der Waals surface area contributed by atoms with E-state index < -0.39 is 124 Å². The first-order valence-electron chi connectivity index (χ1n) is 44.2. The molecule has 18 atom stereocenters. The highest BCUT2D eigenvalue weighted by atomic mass is 31.2. The lowest BCUT2D eigenvalue weighted by Crippen LogP contribution is -2.55. The third-order valence-corrected chi connectivity index (χ3v) is 23.9. The summed E-state index contributed by atoms with van der Waals surface area (Å²) in [6.45, 7) is 12.9. The fourth-order valence-electron chi connectivity index (χ4n) is 15.2. The second-order valence-corrected chi connectivity index (χ2v) is 35.7. The van der Waals surface area contributed by atoms with Crippen LogP contribution in [0.25, 0.3) is 0 Å². The molecule has 0 aromatic carbocycles. The Bertz CT molecular complexity index is 2650. The molecule has 118 heavy (non-hydrogen) atoms. The van der Waals surface area contributed by atoms with Crippen molar-refractivity contribution in [1.29, 1.82) is 0 Å². The van der Waals surface area contributed by atoms with Gasteiger partial charge >= 0.3 is 7.60 Å². The van der Waals surface area contributed by atoms with Gasteiger partial charge in [0, 0.05) is 153 Å². The Kier molecular flexibility index (Phi) is 54.8. The summed E-state index contributed by atoms with van der Waals surface area (Å²) in [5, 5.41) is 95.6. The molecule has 4 rings (SSSR count). The molecule has 4 saturated heterocycles. The predicted molar refractivity (Wildman–Crippen MR) is 437 cm³/mol. The average Bonchev–Trinajstić information content (AvgIpc) is 1.28. The molecule has 0 aromatic rings. The molecule has 0 spiro atoms. The van der Waals surface area contributed by atoms with Gasteiger partial charge in [-0.1, -0.05) is 79.1 Å². The molecule has 0 saturated carbocycles. The Morgan fingerprint density at radius 3 is 1.14 bits per heavy atom. The second-order valence-electron chi connectivity index (χ2n) is 33.7. The second kappa shape index (κ2) is 60.7. The lowest BCUT2D eigenvalue weighted by Gasteiger charge is -2.40. The largest absolute Gasteiger partial charge is 0.394 e. The monoisotopic (exact) mass is 1710 g/mol. The van der Waals surface area contributed by atoms with Crippen LogP contribution >= 0.6 is 7.60 Å². The van der Waals surface area contributed by atoms with Crippen LogP contribution in [0.3, 0.4) is 0 Å². The van der Waals surface area contributed by atoms with Crippen LogP contribution in [-0.2, 0) is 94.6 Å². The van der Waals surface area contributed by atoms with Gasteiger partial charge in [-0.05, 0) is 110 Å². The van der Waals surface area contributed by atoms with Crippen molar-refractivity contribution >= 4 is 54.2 Å². The first-order valence-corrected chi connectivity index (χ1v) is 46.2. The molecule has 4 aliphatic rings. The quantitative estimate of drug-likeness (QED) is 0.0213. The van der Waals surface area contributed by atoms with E-state index in [2.05, 4.69) is 17.6 Å². The Morgan fingerprint density at radius 1 is 0.424 bits per heavy atom. The van der Waals surface area contributed by atoms with Crippen molar-refractivity contribution in [2.75, 3.05) is 112 Å². The van der Waals surface area contributed by atoms with Crippen molar-refractivity contribution in [2.45, 2.75) is 352 Å². The minimum absolute atomic E-state index is 0.0136. The van der Waals surface area contributed by atoms with Crippen molar-refractivity contribution in [2.24, 2.45) is 29.1 Å². The van der Waals surface area contributed by atoms with Crippen LogP contribution in [0, 0.1) is 29.1 Å². The SMILES string of the molecule is CC(C)OP(C)(=O)OCC1C[C@@H](C)CN1C(=O)CCCCCCCCCCC(=O)CC(COCCC(=O)CCCCCC(=O)CCCCOC1OC(CO)C(O)C(O)C1C)(COCCC(=O)CCCCCC(=O)CCCCOC1OC(CO)C(O)C(O)C1C)COCCC(=O)NCCCNC(=O)CCCCOC1OC(CO)C(O)C(O)C1C. The molecule has 0 bridgehead atoms. The number of carbonyl (C=O) groups is 8. The summed E-state index contributed by atoms with van der Waals surface area (Å²) in [4.78, 5) is 107. The number of Topliss-reactive ketones (excluding diaryl/α,β-unsaturated/α-hetero) is 5. The van der Waals surface area contributed by atoms with Crippen molar-refractivity contribution in [3.63, 3.8) is 0 Å². The van der Waals surface area contributed by atoms with E-state index in [4.69, 9.17) is 51.7 Å². The Morgan fingerprint density at radius 2 is 0.754 bits per heavy atom. The standard InChI is InChI=1S/C85H152N3O29P/c1-59(2)117-118(7,106)113-55-64-49-60(3)51-88(64)75(99)37-21-13-11-9-8-10-12-16-35-69(96)50-85(56-107-46-38-67(94)31-19-14-17-29-65(92)33-22-25-43-110-82-61(4)76(100)79(103)70(52-89)114-82,57-108-47-39-68(95)32-20-15-18-30-66(93)34-23-26-44-111-83-62(5)77(101)80(104)71(53-90)115-83)58-109-48-40-74(98)87-42-28-41-86-73(97)36-24-27-45-112-84-63(6)78(102)81(105)72(54-91)116-84/h59-64,70-72,76-84,89-91,100-105H,8-58H2,1-7H3,(H,86,97)(H,87,98)/t60-,61?,62?,63?,64?,70?,71?,72?,76?,77?,78?,79?,80?,81?,82?,83?,84?,85?,118?/m1/s1. The van der Waals surface area contributed by atoms with Crippen LogP contribution < -0.4 is 10.6 Å². The first-order chi connectivity index (χ1) is 56.4. The van der Waals surface area contributed by atoms with E-state index >= 15 is 0 Å². The summed E-state index contributed by atoms with van der Waals surface area (Å²) in [5.74, 6) is -1.55. The summed E-state index contributed by atoms with van der Waals surface area (Å²) in [6.07, 6.45) is 5.77. The van der Waals surface area contributed by atoms with Crippen LogP contribution in [0.4, 0.5) is 0 Å². The van der Waals surface area contributed by atoms with Gasteiger partial charge in [-0.15, -0.1) is 0 Å². The maximum Gasteiger partial charge on any atom is 0.327 e. The van der Waals surface area contributed by atoms with Gasteiger partial charge in [-0.25, -0.2) is 0 Å². The fraction of sp³-hybridized carbons (Fsp3) is 0.906. The average molecular weight is 1710 g/mol. The highest BCUT2D eigenvalue weighted by Gasteiger charge is 2.46. The number of hydrogen-bond acceptors (Lipinski definition) is 29.